The van der Waals surface area contributed by atoms with Crippen LogP contribution in [0.25, 0.3) is 6.08 Å². The lowest BCUT2D eigenvalue weighted by atomic mass is 10.1. The third-order valence-corrected chi connectivity index (χ3v) is 3.34. The van der Waals surface area contributed by atoms with Crippen LogP contribution in [0.15, 0.2) is 36.4 Å². The van der Waals surface area contributed by atoms with Gasteiger partial charge in [0.1, 0.15) is 0 Å². The van der Waals surface area contributed by atoms with Crippen molar-refractivity contribution >= 4 is 18.5 Å². The number of hydrogen-bond donors (Lipinski definition) is 1. The summed E-state index contributed by atoms with van der Waals surface area (Å²) in [6.07, 6.45) is 4.48. The minimum Gasteiger partial charge on any atom is -0.311 e. The summed E-state index contributed by atoms with van der Waals surface area (Å²) in [7, 11) is 0. The van der Waals surface area contributed by atoms with Gasteiger partial charge in [-0.1, -0.05) is 42.5 Å². The van der Waals surface area contributed by atoms with Gasteiger partial charge in [-0.25, -0.2) is 0 Å². The number of rotatable bonds is 3. The average Bonchev–Trinajstić information content (AvgIpc) is 2.35. The SMILES string of the molecule is CC1CN(C/C=C/c2ccccc2)C(C)CN1.Cl. The predicted molar refractivity (Wildman–Crippen MR) is 81.2 cm³/mol. The summed E-state index contributed by atoms with van der Waals surface area (Å²) in [6.45, 7) is 7.82. The number of piperazine rings is 1. The normalized spacial score (nSPS) is 25.0. The highest BCUT2D eigenvalue weighted by Crippen LogP contribution is 2.07. The van der Waals surface area contributed by atoms with E-state index in [2.05, 4.69) is 66.5 Å². The topological polar surface area (TPSA) is 15.3 Å². The lowest BCUT2D eigenvalue weighted by Crippen LogP contribution is -2.54. The first-order valence-electron chi connectivity index (χ1n) is 6.45. The van der Waals surface area contributed by atoms with Crippen molar-refractivity contribution in [2.75, 3.05) is 19.6 Å². The minimum atomic E-state index is 0. The second kappa shape index (κ2) is 7.57. The molecule has 0 radical (unpaired) electrons. The fourth-order valence-electron chi connectivity index (χ4n) is 2.24. The van der Waals surface area contributed by atoms with Crippen LogP contribution in [-0.2, 0) is 0 Å². The molecule has 0 saturated carbocycles. The van der Waals surface area contributed by atoms with Crippen molar-refractivity contribution < 1.29 is 0 Å². The molecule has 0 aliphatic carbocycles. The van der Waals surface area contributed by atoms with Crippen molar-refractivity contribution in [2.24, 2.45) is 0 Å². The average molecular weight is 267 g/mol. The molecule has 1 aliphatic heterocycles. The maximum Gasteiger partial charge on any atom is 0.0196 e. The lowest BCUT2D eigenvalue weighted by Gasteiger charge is -2.36. The molecule has 1 aromatic rings. The first-order valence-corrected chi connectivity index (χ1v) is 6.45. The van der Waals surface area contributed by atoms with Crippen molar-refractivity contribution in [1.82, 2.24) is 10.2 Å². The highest BCUT2D eigenvalue weighted by Gasteiger charge is 2.20. The van der Waals surface area contributed by atoms with Gasteiger partial charge in [0.05, 0.1) is 0 Å². The Morgan fingerprint density at radius 2 is 2.00 bits per heavy atom. The molecule has 2 unspecified atom stereocenters. The van der Waals surface area contributed by atoms with Crippen molar-refractivity contribution in [2.45, 2.75) is 25.9 Å². The van der Waals surface area contributed by atoms with E-state index < -0.39 is 0 Å². The molecule has 0 amide bonds. The first-order chi connectivity index (χ1) is 8.25. The van der Waals surface area contributed by atoms with Crippen LogP contribution < -0.4 is 5.32 Å². The number of halogens is 1. The number of nitrogens with one attached hydrogen (secondary N) is 1. The highest BCUT2D eigenvalue weighted by molar-refractivity contribution is 5.85. The monoisotopic (exact) mass is 266 g/mol. The van der Waals surface area contributed by atoms with Crippen LogP contribution in [0, 0.1) is 0 Å². The summed E-state index contributed by atoms with van der Waals surface area (Å²) in [5.74, 6) is 0. The van der Waals surface area contributed by atoms with E-state index in [4.69, 9.17) is 0 Å². The third kappa shape index (κ3) is 4.45. The molecule has 1 N–H and O–H groups in total. The van der Waals surface area contributed by atoms with Crippen LogP contribution in [0.3, 0.4) is 0 Å². The van der Waals surface area contributed by atoms with Crippen LogP contribution in [0.2, 0.25) is 0 Å². The van der Waals surface area contributed by atoms with Gasteiger partial charge >= 0.3 is 0 Å². The molecule has 3 heteroatoms. The highest BCUT2D eigenvalue weighted by atomic mass is 35.5. The maximum absolute atomic E-state index is 3.50. The van der Waals surface area contributed by atoms with Crippen LogP contribution in [0.5, 0.6) is 0 Å². The lowest BCUT2D eigenvalue weighted by molar-refractivity contribution is 0.163. The molecule has 1 fully saturated rings. The second-order valence-corrected chi connectivity index (χ2v) is 4.93. The summed E-state index contributed by atoms with van der Waals surface area (Å²) in [4.78, 5) is 2.53. The number of nitrogens with zero attached hydrogens (tertiary/aromatic N) is 1. The Morgan fingerprint density at radius 3 is 2.72 bits per heavy atom. The molecule has 1 aliphatic rings. The van der Waals surface area contributed by atoms with Gasteiger partial charge in [0.25, 0.3) is 0 Å². The fraction of sp³-hybridized carbons (Fsp3) is 0.467. The second-order valence-electron chi connectivity index (χ2n) is 4.93. The summed E-state index contributed by atoms with van der Waals surface area (Å²) >= 11 is 0. The Kier molecular flexibility index (Phi) is 6.41. The van der Waals surface area contributed by atoms with Gasteiger partial charge in [-0.05, 0) is 19.4 Å². The molecule has 1 saturated heterocycles. The minimum absolute atomic E-state index is 0. The van der Waals surface area contributed by atoms with Gasteiger partial charge < -0.3 is 5.32 Å². The van der Waals surface area contributed by atoms with Gasteiger partial charge in [-0.2, -0.15) is 0 Å². The van der Waals surface area contributed by atoms with Crippen molar-refractivity contribution in [3.05, 3.63) is 42.0 Å². The third-order valence-electron chi connectivity index (χ3n) is 3.34. The Labute approximate surface area is 116 Å². The number of benzene rings is 1. The van der Waals surface area contributed by atoms with E-state index >= 15 is 0 Å². The largest absolute Gasteiger partial charge is 0.311 e. The van der Waals surface area contributed by atoms with E-state index in [1.165, 1.54) is 5.56 Å². The summed E-state index contributed by atoms with van der Waals surface area (Å²) in [5, 5.41) is 3.50. The molecule has 0 spiro atoms. The van der Waals surface area contributed by atoms with Gasteiger partial charge in [-0.3, -0.25) is 4.90 Å². The zero-order valence-electron chi connectivity index (χ0n) is 11.2. The molecule has 18 heavy (non-hydrogen) atoms. The molecule has 0 bridgehead atoms. The van der Waals surface area contributed by atoms with E-state index in [0.717, 1.165) is 19.6 Å². The predicted octanol–water partition coefficient (Wildman–Crippen LogP) is 2.80. The van der Waals surface area contributed by atoms with E-state index in [1.807, 2.05) is 0 Å². The molecule has 2 atom stereocenters. The molecule has 100 valence electrons. The molecular weight excluding hydrogens is 244 g/mol. The van der Waals surface area contributed by atoms with Gasteiger partial charge in [-0.15, -0.1) is 12.4 Å². The zero-order chi connectivity index (χ0) is 12.1. The maximum atomic E-state index is 3.50. The van der Waals surface area contributed by atoms with Crippen LogP contribution in [0.1, 0.15) is 19.4 Å². The molecule has 1 heterocycles. The summed E-state index contributed by atoms with van der Waals surface area (Å²) < 4.78 is 0. The van der Waals surface area contributed by atoms with Crippen molar-refractivity contribution in [3.63, 3.8) is 0 Å². The Bertz CT molecular complexity index is 364. The molecule has 2 nitrogen and oxygen atoms in total. The van der Waals surface area contributed by atoms with Crippen LogP contribution in [-0.4, -0.2) is 36.6 Å². The Balaban J connectivity index is 0.00000162. The fourth-order valence-corrected chi connectivity index (χ4v) is 2.24. The molecule has 1 aromatic carbocycles. The first kappa shape index (κ1) is 15.2. The van der Waals surface area contributed by atoms with Gasteiger partial charge in [0, 0.05) is 31.7 Å². The Hall–Kier alpha value is -0.830. The van der Waals surface area contributed by atoms with E-state index in [9.17, 15) is 0 Å². The van der Waals surface area contributed by atoms with Gasteiger partial charge in [0.2, 0.25) is 0 Å². The number of hydrogen-bond acceptors (Lipinski definition) is 2. The quantitative estimate of drug-likeness (QED) is 0.905. The smallest absolute Gasteiger partial charge is 0.0196 e. The summed E-state index contributed by atoms with van der Waals surface area (Å²) in [5.41, 5.74) is 1.28. The standard InChI is InChI=1S/C15H22N2.ClH/c1-13-12-17(14(2)11-16-13)10-6-9-15-7-4-3-5-8-15;/h3-9,13-14,16H,10-12H2,1-2H3;1H/b9-6+;. The van der Waals surface area contributed by atoms with Crippen LogP contribution >= 0.6 is 12.4 Å². The summed E-state index contributed by atoms with van der Waals surface area (Å²) in [6, 6.07) is 11.7. The molecule has 2 rings (SSSR count). The van der Waals surface area contributed by atoms with Crippen LogP contribution in [0.4, 0.5) is 0 Å². The molecular formula is C15H23ClN2. The van der Waals surface area contributed by atoms with E-state index in [1.54, 1.807) is 0 Å². The van der Waals surface area contributed by atoms with Crippen molar-refractivity contribution in [3.8, 4) is 0 Å². The molecule has 0 aromatic heterocycles. The van der Waals surface area contributed by atoms with E-state index in [-0.39, 0.29) is 12.4 Å². The zero-order valence-corrected chi connectivity index (χ0v) is 12.0. The van der Waals surface area contributed by atoms with Gasteiger partial charge in [0.15, 0.2) is 0 Å². The Morgan fingerprint density at radius 1 is 1.28 bits per heavy atom. The van der Waals surface area contributed by atoms with Crippen molar-refractivity contribution in [1.29, 1.82) is 0 Å². The van der Waals surface area contributed by atoms with E-state index in [0.29, 0.717) is 12.1 Å².